The van der Waals surface area contributed by atoms with E-state index in [-0.39, 0.29) is 5.91 Å². The van der Waals surface area contributed by atoms with Crippen LogP contribution in [0.5, 0.6) is 0 Å². The second-order valence-electron chi connectivity index (χ2n) is 3.92. The fourth-order valence-corrected chi connectivity index (χ4v) is 1.76. The Kier molecular flexibility index (Phi) is 3.67. The molecule has 0 atom stereocenters. The zero-order valence-corrected chi connectivity index (χ0v) is 11.0. The van der Waals surface area contributed by atoms with Crippen molar-refractivity contribution in [2.24, 2.45) is 0 Å². The minimum atomic E-state index is -0.229. The van der Waals surface area contributed by atoms with Gasteiger partial charge in [0.2, 0.25) is 0 Å². The maximum Gasteiger partial charge on any atom is 0.276 e. The lowest BCUT2D eigenvalue weighted by molar-refractivity contribution is 0.102. The number of amides is 1. The quantitative estimate of drug-likeness (QED) is 0.925. The highest BCUT2D eigenvalue weighted by molar-refractivity contribution is 6.31. The van der Waals surface area contributed by atoms with Gasteiger partial charge in [-0.05, 0) is 37.6 Å². The van der Waals surface area contributed by atoms with Gasteiger partial charge in [-0.1, -0.05) is 17.7 Å². The van der Waals surface area contributed by atoms with Crippen LogP contribution < -0.4 is 5.32 Å². The summed E-state index contributed by atoms with van der Waals surface area (Å²) in [5.41, 5.74) is 1.96. The number of rotatable bonds is 3. The van der Waals surface area contributed by atoms with Gasteiger partial charge >= 0.3 is 0 Å². The predicted molar refractivity (Wildman–Crippen MR) is 72.0 cm³/mol. The summed E-state index contributed by atoms with van der Waals surface area (Å²) in [5.74, 6) is -0.229. The van der Waals surface area contributed by atoms with E-state index in [9.17, 15) is 4.79 Å². The Hall–Kier alpha value is -1.81. The normalized spacial score (nSPS) is 10.4. The Morgan fingerprint density at radius 3 is 2.89 bits per heavy atom. The largest absolute Gasteiger partial charge is 0.320 e. The molecule has 1 N–H and O–H groups in total. The van der Waals surface area contributed by atoms with Gasteiger partial charge in [0.05, 0.1) is 0 Å². The van der Waals surface area contributed by atoms with Gasteiger partial charge in [0.15, 0.2) is 5.69 Å². The topological polar surface area (TPSA) is 46.9 Å². The average Bonchev–Trinajstić information content (AvgIpc) is 2.83. The van der Waals surface area contributed by atoms with E-state index in [4.69, 9.17) is 11.6 Å². The molecule has 0 bridgehead atoms. The fourth-order valence-electron chi connectivity index (χ4n) is 1.59. The second-order valence-corrected chi connectivity index (χ2v) is 4.33. The molecule has 94 valence electrons. The van der Waals surface area contributed by atoms with Gasteiger partial charge < -0.3 is 5.32 Å². The molecule has 4 nitrogen and oxygen atoms in total. The van der Waals surface area contributed by atoms with Crippen LogP contribution in [0.4, 0.5) is 5.69 Å². The highest BCUT2D eigenvalue weighted by Crippen LogP contribution is 2.23. The summed E-state index contributed by atoms with van der Waals surface area (Å²) in [5, 5.41) is 7.59. The Bertz CT molecular complexity index is 577. The van der Waals surface area contributed by atoms with Crippen molar-refractivity contribution in [1.82, 2.24) is 9.78 Å². The minimum absolute atomic E-state index is 0.229. The van der Waals surface area contributed by atoms with Crippen LogP contribution in [0, 0.1) is 6.92 Å². The van der Waals surface area contributed by atoms with Gasteiger partial charge in [0.25, 0.3) is 5.91 Å². The molecule has 2 rings (SSSR count). The van der Waals surface area contributed by atoms with Gasteiger partial charge in [-0.15, -0.1) is 0 Å². The van der Waals surface area contributed by atoms with Gasteiger partial charge in [-0.3, -0.25) is 9.48 Å². The number of nitrogens with zero attached hydrogens (tertiary/aromatic N) is 2. The van der Waals surface area contributed by atoms with Crippen molar-refractivity contribution in [3.8, 4) is 0 Å². The first-order valence-electron chi connectivity index (χ1n) is 5.71. The summed E-state index contributed by atoms with van der Waals surface area (Å²) in [6.07, 6.45) is 1.78. The molecule has 0 fully saturated rings. The van der Waals surface area contributed by atoms with Crippen LogP contribution in [0.1, 0.15) is 23.0 Å². The smallest absolute Gasteiger partial charge is 0.276 e. The number of aryl methyl sites for hydroxylation is 1. The summed E-state index contributed by atoms with van der Waals surface area (Å²) >= 11 is 6.00. The zero-order valence-electron chi connectivity index (χ0n) is 10.3. The lowest BCUT2D eigenvalue weighted by Gasteiger charge is -2.08. The van der Waals surface area contributed by atoms with Crippen LogP contribution in [0.25, 0.3) is 0 Å². The molecule has 0 radical (unpaired) electrons. The third-order valence-electron chi connectivity index (χ3n) is 2.71. The third kappa shape index (κ3) is 2.54. The summed E-state index contributed by atoms with van der Waals surface area (Å²) in [4.78, 5) is 12.0. The van der Waals surface area contributed by atoms with Crippen molar-refractivity contribution in [3.05, 3.63) is 46.7 Å². The van der Waals surface area contributed by atoms with Gasteiger partial charge in [-0.25, -0.2) is 0 Å². The van der Waals surface area contributed by atoms with Gasteiger partial charge in [0.1, 0.15) is 0 Å². The standard InChI is InChI=1S/C13H14ClN3O/c1-3-17-8-7-12(16-17)13(18)15-11-6-4-5-10(14)9(11)2/h4-8H,3H2,1-2H3,(H,15,18). The molecule has 1 amide bonds. The summed E-state index contributed by atoms with van der Waals surface area (Å²) < 4.78 is 1.71. The number of carbonyl (C=O) groups is 1. The van der Waals surface area contributed by atoms with Crippen molar-refractivity contribution in [1.29, 1.82) is 0 Å². The predicted octanol–water partition coefficient (Wildman–Crippen LogP) is 3.12. The van der Waals surface area contributed by atoms with Gasteiger partial charge in [-0.2, -0.15) is 5.10 Å². The molecule has 0 spiro atoms. The molecule has 1 aromatic heterocycles. The van der Waals surface area contributed by atoms with Crippen LogP contribution in [-0.2, 0) is 6.54 Å². The molecule has 1 aromatic carbocycles. The van der Waals surface area contributed by atoms with Crippen molar-refractivity contribution < 1.29 is 4.79 Å². The van der Waals surface area contributed by atoms with Crippen molar-refractivity contribution in [3.63, 3.8) is 0 Å². The molecular formula is C13H14ClN3O. The number of hydrogen-bond acceptors (Lipinski definition) is 2. The molecule has 0 aliphatic carbocycles. The van der Waals surface area contributed by atoms with Crippen LogP contribution in [0.3, 0.4) is 0 Å². The molecule has 1 heterocycles. The Morgan fingerprint density at radius 1 is 1.44 bits per heavy atom. The van der Waals surface area contributed by atoms with E-state index in [1.807, 2.05) is 19.9 Å². The number of halogens is 1. The van der Waals surface area contributed by atoms with Crippen molar-refractivity contribution in [2.45, 2.75) is 20.4 Å². The number of nitrogens with one attached hydrogen (secondary N) is 1. The molecule has 2 aromatic rings. The second kappa shape index (κ2) is 5.23. The minimum Gasteiger partial charge on any atom is -0.320 e. The van der Waals surface area contributed by atoms with Crippen LogP contribution in [0.15, 0.2) is 30.5 Å². The molecule has 18 heavy (non-hydrogen) atoms. The van der Waals surface area contributed by atoms with E-state index in [1.165, 1.54) is 0 Å². The summed E-state index contributed by atoms with van der Waals surface area (Å²) in [6, 6.07) is 7.10. The molecule has 0 aliphatic heterocycles. The highest BCUT2D eigenvalue weighted by atomic mass is 35.5. The Morgan fingerprint density at radius 2 is 2.22 bits per heavy atom. The SMILES string of the molecule is CCn1ccc(C(=O)Nc2cccc(Cl)c2C)n1. The van der Waals surface area contributed by atoms with Gasteiger partial charge in [0, 0.05) is 23.5 Å². The third-order valence-corrected chi connectivity index (χ3v) is 3.12. The molecule has 0 saturated heterocycles. The monoisotopic (exact) mass is 263 g/mol. The van der Waals surface area contributed by atoms with E-state index in [2.05, 4.69) is 10.4 Å². The lowest BCUT2D eigenvalue weighted by Crippen LogP contribution is -2.14. The first-order valence-corrected chi connectivity index (χ1v) is 6.09. The average molecular weight is 264 g/mol. The lowest BCUT2D eigenvalue weighted by atomic mass is 10.2. The first kappa shape index (κ1) is 12.6. The highest BCUT2D eigenvalue weighted by Gasteiger charge is 2.11. The number of anilines is 1. The number of benzene rings is 1. The van der Waals surface area contributed by atoms with E-state index in [0.717, 1.165) is 12.1 Å². The number of carbonyl (C=O) groups excluding carboxylic acids is 1. The zero-order chi connectivity index (χ0) is 13.1. The molecule has 5 heteroatoms. The molecule has 0 unspecified atom stereocenters. The Balaban J connectivity index is 2.18. The van der Waals surface area contributed by atoms with Crippen molar-refractivity contribution in [2.75, 3.05) is 5.32 Å². The molecule has 0 aliphatic rings. The molecule has 0 saturated carbocycles. The maximum atomic E-state index is 12.0. The summed E-state index contributed by atoms with van der Waals surface area (Å²) in [7, 11) is 0. The fraction of sp³-hybridized carbons (Fsp3) is 0.231. The first-order chi connectivity index (χ1) is 8.61. The van der Waals surface area contributed by atoms with E-state index in [1.54, 1.807) is 29.1 Å². The van der Waals surface area contributed by atoms with Crippen LogP contribution in [0.2, 0.25) is 5.02 Å². The van der Waals surface area contributed by atoms with E-state index in [0.29, 0.717) is 16.4 Å². The van der Waals surface area contributed by atoms with Crippen LogP contribution >= 0.6 is 11.6 Å². The Labute approximate surface area is 111 Å². The molecular weight excluding hydrogens is 250 g/mol. The summed E-state index contributed by atoms with van der Waals surface area (Å²) in [6.45, 7) is 4.57. The maximum absolute atomic E-state index is 12.0. The van der Waals surface area contributed by atoms with Crippen molar-refractivity contribution >= 4 is 23.2 Å². The van der Waals surface area contributed by atoms with E-state index < -0.39 is 0 Å². The van der Waals surface area contributed by atoms with E-state index >= 15 is 0 Å². The number of aromatic nitrogens is 2. The van der Waals surface area contributed by atoms with Crippen LogP contribution in [-0.4, -0.2) is 15.7 Å². The number of hydrogen-bond donors (Lipinski definition) is 1.